The topological polar surface area (TPSA) is 54.2 Å². The van der Waals surface area contributed by atoms with Gasteiger partial charge in [0.25, 0.3) is 0 Å². The summed E-state index contributed by atoms with van der Waals surface area (Å²) in [5.41, 5.74) is 1.94. The number of aliphatic hydroxyl groups is 1. The minimum absolute atomic E-state index is 0.275. The number of aromatic nitrogens is 3. The average molecular weight is 321 g/mol. The monoisotopic (exact) mass is 320 g/mol. The van der Waals surface area contributed by atoms with E-state index in [-0.39, 0.29) is 6.61 Å². The summed E-state index contributed by atoms with van der Waals surface area (Å²) in [5, 5.41) is 18.2. The molecule has 0 aliphatic carbocycles. The van der Waals surface area contributed by atoms with Crippen molar-refractivity contribution in [3.63, 3.8) is 0 Å². The van der Waals surface area contributed by atoms with Crippen LogP contribution in [0, 0.1) is 0 Å². The smallest absolute Gasteiger partial charge is 0.0971 e. The third kappa shape index (κ3) is 3.66. The van der Waals surface area contributed by atoms with Gasteiger partial charge in [0.15, 0.2) is 0 Å². The van der Waals surface area contributed by atoms with Crippen molar-refractivity contribution < 1.29 is 5.11 Å². The number of rotatable bonds is 6. The quantitative estimate of drug-likeness (QED) is 0.889. The molecular weight excluding hydrogens is 300 g/mol. The van der Waals surface area contributed by atoms with E-state index in [9.17, 15) is 0 Å². The molecule has 5 nitrogen and oxygen atoms in total. The van der Waals surface area contributed by atoms with Crippen molar-refractivity contribution >= 4 is 11.6 Å². The Morgan fingerprint density at radius 3 is 2.86 bits per heavy atom. The van der Waals surface area contributed by atoms with Crippen molar-refractivity contribution in [3.05, 3.63) is 41.2 Å². The number of likely N-dealkylation sites (tertiary alicyclic amines) is 1. The molecule has 0 amide bonds. The SMILES string of the molecule is OCCCC1CCCN1Cc1cn(-c2ccc(Cl)cc2)nn1. The molecule has 118 valence electrons. The summed E-state index contributed by atoms with van der Waals surface area (Å²) >= 11 is 5.91. The molecule has 1 saturated heterocycles. The van der Waals surface area contributed by atoms with Gasteiger partial charge in [-0.25, -0.2) is 4.68 Å². The first-order valence-electron chi connectivity index (χ1n) is 7.78. The van der Waals surface area contributed by atoms with Crippen molar-refractivity contribution in [2.24, 2.45) is 0 Å². The summed E-state index contributed by atoms with van der Waals surface area (Å²) < 4.78 is 1.78. The Kier molecular flexibility index (Phi) is 5.08. The van der Waals surface area contributed by atoms with E-state index in [0.717, 1.165) is 37.3 Å². The van der Waals surface area contributed by atoms with Gasteiger partial charge in [0.1, 0.15) is 0 Å². The third-order valence-electron chi connectivity index (χ3n) is 4.19. The molecule has 0 saturated carbocycles. The lowest BCUT2D eigenvalue weighted by molar-refractivity contribution is 0.208. The van der Waals surface area contributed by atoms with E-state index in [1.165, 1.54) is 12.8 Å². The van der Waals surface area contributed by atoms with Crippen LogP contribution in [0.3, 0.4) is 0 Å². The molecule has 1 unspecified atom stereocenters. The van der Waals surface area contributed by atoms with E-state index in [2.05, 4.69) is 15.2 Å². The minimum Gasteiger partial charge on any atom is -0.396 e. The molecule has 1 aliphatic rings. The summed E-state index contributed by atoms with van der Waals surface area (Å²) in [7, 11) is 0. The lowest BCUT2D eigenvalue weighted by Crippen LogP contribution is -2.29. The summed E-state index contributed by atoms with van der Waals surface area (Å²) in [6.07, 6.45) is 6.35. The van der Waals surface area contributed by atoms with Gasteiger partial charge in [-0.1, -0.05) is 16.8 Å². The minimum atomic E-state index is 0.275. The first kappa shape index (κ1) is 15.5. The Hall–Kier alpha value is -1.43. The largest absolute Gasteiger partial charge is 0.396 e. The number of nitrogens with zero attached hydrogens (tertiary/aromatic N) is 4. The van der Waals surface area contributed by atoms with Gasteiger partial charge < -0.3 is 5.11 Å². The van der Waals surface area contributed by atoms with Crippen molar-refractivity contribution in [1.82, 2.24) is 19.9 Å². The van der Waals surface area contributed by atoms with Gasteiger partial charge in [0.2, 0.25) is 0 Å². The van der Waals surface area contributed by atoms with Gasteiger partial charge in [0, 0.05) is 24.2 Å². The Morgan fingerprint density at radius 2 is 2.09 bits per heavy atom. The summed E-state index contributed by atoms with van der Waals surface area (Å²) in [5.74, 6) is 0. The predicted molar refractivity (Wildman–Crippen MR) is 86.1 cm³/mol. The van der Waals surface area contributed by atoms with Crippen LogP contribution in [0.15, 0.2) is 30.5 Å². The molecule has 0 radical (unpaired) electrons. The van der Waals surface area contributed by atoms with Gasteiger partial charge in [-0.05, 0) is 56.5 Å². The van der Waals surface area contributed by atoms with Gasteiger partial charge >= 0.3 is 0 Å². The maximum atomic E-state index is 9.00. The van der Waals surface area contributed by atoms with Crippen LogP contribution in [-0.2, 0) is 6.54 Å². The molecule has 3 rings (SSSR count). The van der Waals surface area contributed by atoms with Crippen LogP contribution in [0.25, 0.3) is 5.69 Å². The van der Waals surface area contributed by atoms with Crippen molar-refractivity contribution in [1.29, 1.82) is 0 Å². The lowest BCUT2D eigenvalue weighted by atomic mass is 10.1. The lowest BCUT2D eigenvalue weighted by Gasteiger charge is -2.22. The van der Waals surface area contributed by atoms with Gasteiger partial charge in [-0.15, -0.1) is 5.10 Å². The molecule has 0 spiro atoms. The summed E-state index contributed by atoms with van der Waals surface area (Å²) in [4.78, 5) is 2.45. The van der Waals surface area contributed by atoms with Crippen molar-refractivity contribution in [2.45, 2.75) is 38.3 Å². The molecule has 2 heterocycles. The van der Waals surface area contributed by atoms with E-state index < -0.39 is 0 Å². The molecule has 6 heteroatoms. The maximum Gasteiger partial charge on any atom is 0.0971 e. The van der Waals surface area contributed by atoms with Crippen LogP contribution in [0.4, 0.5) is 0 Å². The van der Waals surface area contributed by atoms with E-state index >= 15 is 0 Å². The molecule has 1 aromatic carbocycles. The molecular formula is C16H21ClN4O. The molecule has 1 aliphatic heterocycles. The molecule has 2 aromatic rings. The molecule has 1 fully saturated rings. The highest BCUT2D eigenvalue weighted by Gasteiger charge is 2.24. The predicted octanol–water partition coefficient (Wildman–Crippen LogP) is 2.66. The van der Waals surface area contributed by atoms with E-state index in [4.69, 9.17) is 16.7 Å². The number of aliphatic hydroxyl groups excluding tert-OH is 1. The van der Waals surface area contributed by atoms with E-state index in [1.54, 1.807) is 4.68 Å². The fourth-order valence-corrected chi connectivity index (χ4v) is 3.18. The van der Waals surface area contributed by atoms with Crippen molar-refractivity contribution in [3.8, 4) is 5.69 Å². The average Bonchev–Trinajstić information content (AvgIpc) is 3.16. The zero-order chi connectivity index (χ0) is 15.4. The second kappa shape index (κ2) is 7.22. The maximum absolute atomic E-state index is 9.00. The zero-order valence-electron chi connectivity index (χ0n) is 12.5. The summed E-state index contributed by atoms with van der Waals surface area (Å²) in [6, 6.07) is 8.13. The highest BCUT2D eigenvalue weighted by atomic mass is 35.5. The second-order valence-electron chi connectivity index (χ2n) is 5.76. The Labute approximate surface area is 135 Å². The molecule has 0 bridgehead atoms. The van der Waals surface area contributed by atoms with Gasteiger partial charge in [-0.2, -0.15) is 0 Å². The normalized spacial score (nSPS) is 18.9. The number of halogens is 1. The number of hydrogen-bond acceptors (Lipinski definition) is 4. The van der Waals surface area contributed by atoms with Crippen LogP contribution in [0.5, 0.6) is 0 Å². The zero-order valence-corrected chi connectivity index (χ0v) is 13.3. The molecule has 22 heavy (non-hydrogen) atoms. The highest BCUT2D eigenvalue weighted by Crippen LogP contribution is 2.23. The molecule has 1 atom stereocenters. The molecule has 1 aromatic heterocycles. The number of hydrogen-bond donors (Lipinski definition) is 1. The van der Waals surface area contributed by atoms with E-state index in [0.29, 0.717) is 11.1 Å². The Balaban J connectivity index is 1.65. The fourth-order valence-electron chi connectivity index (χ4n) is 3.06. The van der Waals surface area contributed by atoms with Crippen LogP contribution >= 0.6 is 11.6 Å². The van der Waals surface area contributed by atoms with Crippen LogP contribution < -0.4 is 0 Å². The first-order valence-corrected chi connectivity index (χ1v) is 8.16. The van der Waals surface area contributed by atoms with Crippen LogP contribution in [0.2, 0.25) is 5.02 Å². The Morgan fingerprint density at radius 1 is 1.27 bits per heavy atom. The fraction of sp³-hybridized carbons (Fsp3) is 0.500. The second-order valence-corrected chi connectivity index (χ2v) is 6.20. The van der Waals surface area contributed by atoms with Gasteiger partial charge in [-0.3, -0.25) is 4.90 Å². The molecule has 1 N–H and O–H groups in total. The van der Waals surface area contributed by atoms with Crippen molar-refractivity contribution in [2.75, 3.05) is 13.2 Å². The van der Waals surface area contributed by atoms with Gasteiger partial charge in [0.05, 0.1) is 17.6 Å². The Bertz CT molecular complexity index is 598. The third-order valence-corrected chi connectivity index (χ3v) is 4.44. The summed E-state index contributed by atoms with van der Waals surface area (Å²) in [6.45, 7) is 2.20. The highest BCUT2D eigenvalue weighted by molar-refractivity contribution is 6.30. The van der Waals surface area contributed by atoms with Crippen LogP contribution in [-0.4, -0.2) is 44.2 Å². The number of benzene rings is 1. The van der Waals surface area contributed by atoms with E-state index in [1.807, 2.05) is 30.5 Å². The first-order chi connectivity index (χ1) is 10.8. The van der Waals surface area contributed by atoms with Crippen LogP contribution in [0.1, 0.15) is 31.4 Å². The standard InChI is InChI=1S/C16H21ClN4O/c17-13-5-7-16(8-6-13)21-12-14(18-19-21)11-20-9-1-3-15(20)4-2-10-22/h5-8,12,15,22H,1-4,9-11H2.